The van der Waals surface area contributed by atoms with E-state index in [0.29, 0.717) is 6.04 Å². The highest BCUT2D eigenvalue weighted by Gasteiger charge is 2.39. The fourth-order valence-electron chi connectivity index (χ4n) is 3.40. The maximum absolute atomic E-state index is 10.6. The molecule has 0 spiro atoms. The lowest BCUT2D eigenvalue weighted by Crippen LogP contribution is -2.38. The van der Waals surface area contributed by atoms with Gasteiger partial charge in [0.25, 0.3) is 0 Å². The number of hydrogen-bond acceptors (Lipinski definition) is 7. The van der Waals surface area contributed by atoms with Gasteiger partial charge in [0.2, 0.25) is 0 Å². The Morgan fingerprint density at radius 3 is 2.19 bits per heavy atom. The summed E-state index contributed by atoms with van der Waals surface area (Å²) in [7, 11) is 0. The number of fused-ring (bicyclic) bond motifs is 1. The van der Waals surface area contributed by atoms with E-state index in [1.165, 1.54) is 29.1 Å². The summed E-state index contributed by atoms with van der Waals surface area (Å²) in [6, 6.07) is 0.295. The summed E-state index contributed by atoms with van der Waals surface area (Å²) in [5, 5.41) is 22.2. The van der Waals surface area contributed by atoms with Gasteiger partial charge in [-0.15, -0.1) is 11.3 Å². The van der Waals surface area contributed by atoms with Crippen LogP contribution in [0.5, 0.6) is 0 Å². The van der Waals surface area contributed by atoms with Crippen molar-refractivity contribution in [2.24, 2.45) is 5.92 Å². The first-order chi connectivity index (χ1) is 17.2. The first-order valence-corrected chi connectivity index (χ1v) is 12.0. The van der Waals surface area contributed by atoms with Crippen LogP contribution in [0.3, 0.4) is 0 Å². The molecule has 1 aliphatic heterocycles. The number of carboxylic acids is 2. The van der Waals surface area contributed by atoms with Gasteiger partial charge in [0.15, 0.2) is 0 Å². The Balaban J connectivity index is 0.000000286. The molecule has 208 valence electrons. The maximum atomic E-state index is 10.6. The van der Waals surface area contributed by atoms with Gasteiger partial charge in [-0.3, -0.25) is 9.58 Å². The molecule has 37 heavy (non-hydrogen) atoms. The molecule has 0 aromatic carbocycles. The third kappa shape index (κ3) is 9.92. The highest BCUT2D eigenvalue weighted by Crippen LogP contribution is 2.35. The van der Waals surface area contributed by atoms with E-state index in [4.69, 9.17) is 24.5 Å². The lowest BCUT2D eigenvalue weighted by atomic mass is 10.00. The number of nitrogens with zero attached hydrogens (tertiary/aromatic N) is 4. The normalized spacial score (nSPS) is 17.6. The summed E-state index contributed by atoms with van der Waals surface area (Å²) >= 11 is 1.73. The van der Waals surface area contributed by atoms with Crippen LogP contribution in [-0.4, -0.2) is 73.9 Å². The largest absolute Gasteiger partial charge is 0.490 e. The van der Waals surface area contributed by atoms with Crippen LogP contribution >= 0.6 is 11.3 Å². The summed E-state index contributed by atoms with van der Waals surface area (Å²) in [5.41, 5.74) is 2.79. The summed E-state index contributed by atoms with van der Waals surface area (Å²) < 4.78 is 71.6. The van der Waals surface area contributed by atoms with E-state index in [2.05, 4.69) is 38.2 Å². The summed E-state index contributed by atoms with van der Waals surface area (Å²) in [6.45, 7) is 6.60. The van der Waals surface area contributed by atoms with Crippen LogP contribution < -0.4 is 0 Å². The molecule has 4 rings (SSSR count). The highest BCUT2D eigenvalue weighted by atomic mass is 32.1. The molecule has 2 aromatic heterocycles. The molecule has 1 aliphatic carbocycles. The van der Waals surface area contributed by atoms with E-state index in [1.807, 2.05) is 6.20 Å². The molecule has 0 amide bonds. The molecule has 0 saturated heterocycles. The van der Waals surface area contributed by atoms with Gasteiger partial charge < -0.3 is 14.9 Å². The molecular formula is C21H26F6N4O5S. The van der Waals surface area contributed by atoms with Crippen LogP contribution in [0.25, 0.3) is 0 Å². The molecule has 0 radical (unpaired) electrons. The third-order valence-corrected chi connectivity index (χ3v) is 6.06. The molecular weight excluding hydrogens is 534 g/mol. The second-order valence-corrected chi connectivity index (χ2v) is 9.09. The van der Waals surface area contributed by atoms with E-state index < -0.39 is 24.3 Å². The third-order valence-electron chi connectivity index (χ3n) is 5.30. The van der Waals surface area contributed by atoms with Gasteiger partial charge in [-0.2, -0.15) is 31.4 Å². The lowest BCUT2D eigenvalue weighted by molar-refractivity contribution is -0.193. The maximum Gasteiger partial charge on any atom is 0.490 e. The quantitative estimate of drug-likeness (QED) is 0.485. The van der Waals surface area contributed by atoms with Crippen LogP contribution in [0, 0.1) is 5.92 Å². The minimum atomic E-state index is -5.08. The van der Waals surface area contributed by atoms with Crippen molar-refractivity contribution in [1.82, 2.24) is 19.7 Å². The average Bonchev–Trinajstić information content (AvgIpc) is 3.29. The Hall–Kier alpha value is -2.72. The molecule has 9 nitrogen and oxygen atoms in total. The van der Waals surface area contributed by atoms with Crippen LogP contribution in [0.4, 0.5) is 26.3 Å². The molecule has 2 aromatic rings. The Labute approximate surface area is 211 Å². The second kappa shape index (κ2) is 13.2. The molecule has 1 atom stereocenters. The van der Waals surface area contributed by atoms with Crippen molar-refractivity contribution >= 4 is 23.3 Å². The number of thiazole rings is 1. The number of alkyl halides is 6. The average molecular weight is 561 g/mol. The zero-order valence-electron chi connectivity index (χ0n) is 19.6. The van der Waals surface area contributed by atoms with Gasteiger partial charge in [0.1, 0.15) is 5.01 Å². The predicted molar refractivity (Wildman–Crippen MR) is 118 cm³/mol. The predicted octanol–water partition coefficient (Wildman–Crippen LogP) is 4.15. The monoisotopic (exact) mass is 560 g/mol. The number of hydrogen-bond donors (Lipinski definition) is 2. The van der Waals surface area contributed by atoms with Gasteiger partial charge in [0, 0.05) is 31.3 Å². The van der Waals surface area contributed by atoms with E-state index in [9.17, 15) is 26.3 Å². The minimum absolute atomic E-state index is 0.295. The van der Waals surface area contributed by atoms with Crippen molar-refractivity contribution in [2.75, 3.05) is 19.8 Å². The minimum Gasteiger partial charge on any atom is -0.475 e. The number of carboxylic acid groups (broad SMARTS) is 2. The van der Waals surface area contributed by atoms with E-state index in [-0.39, 0.29) is 0 Å². The highest BCUT2D eigenvalue weighted by molar-refractivity contribution is 7.09. The van der Waals surface area contributed by atoms with Crippen molar-refractivity contribution in [3.05, 3.63) is 34.0 Å². The van der Waals surface area contributed by atoms with Crippen LogP contribution in [0.1, 0.15) is 42.1 Å². The summed E-state index contributed by atoms with van der Waals surface area (Å²) in [5.74, 6) is -4.68. The topological polar surface area (TPSA) is 118 Å². The van der Waals surface area contributed by atoms with Gasteiger partial charge in [0.05, 0.1) is 31.1 Å². The van der Waals surface area contributed by atoms with Crippen molar-refractivity contribution in [3.8, 4) is 0 Å². The Morgan fingerprint density at radius 2 is 1.73 bits per heavy atom. The Morgan fingerprint density at radius 1 is 1.14 bits per heavy atom. The zero-order valence-corrected chi connectivity index (χ0v) is 20.4. The van der Waals surface area contributed by atoms with Crippen molar-refractivity contribution in [2.45, 2.75) is 57.7 Å². The molecule has 1 fully saturated rings. The summed E-state index contributed by atoms with van der Waals surface area (Å²) in [6.07, 6.45) is -2.41. The Bertz CT molecular complexity index is 984. The van der Waals surface area contributed by atoms with E-state index in [1.54, 1.807) is 11.3 Å². The smallest absolute Gasteiger partial charge is 0.475 e. The van der Waals surface area contributed by atoms with Gasteiger partial charge in [-0.1, -0.05) is 0 Å². The molecule has 1 saturated carbocycles. The molecule has 2 N–H and O–H groups in total. The molecule has 2 aliphatic rings. The number of halogens is 6. The SMILES string of the molecule is CCOCC1c2c(cnn2CC2CC2)CCN1Cc1nccs1.O=C(O)C(F)(F)F.O=C(O)C(F)(F)F. The molecule has 0 bridgehead atoms. The number of ether oxygens (including phenoxy) is 1. The standard InChI is InChI=1S/C17H24N4OS.2C2HF3O2/c1-2-22-12-15-17-14(9-19-21(17)10-13-3-4-13)5-7-20(15)11-16-18-6-8-23-16;2*3-2(4,5)1(6)7/h6,8-9,13,15H,2-5,7,10-12H2,1H3;2*(H,6,7). The number of carbonyl (C=O) groups is 2. The van der Waals surface area contributed by atoms with Crippen molar-refractivity contribution in [3.63, 3.8) is 0 Å². The Kier molecular flexibility index (Phi) is 10.9. The molecule has 1 unspecified atom stereocenters. The van der Waals surface area contributed by atoms with Crippen LogP contribution in [0.2, 0.25) is 0 Å². The zero-order chi connectivity index (χ0) is 27.8. The van der Waals surface area contributed by atoms with Crippen molar-refractivity contribution < 1.29 is 50.9 Å². The summed E-state index contributed by atoms with van der Waals surface area (Å²) in [4.78, 5) is 24.8. The van der Waals surface area contributed by atoms with Gasteiger partial charge >= 0.3 is 24.3 Å². The lowest BCUT2D eigenvalue weighted by Gasteiger charge is -2.35. The van der Waals surface area contributed by atoms with Crippen LogP contribution in [0.15, 0.2) is 17.8 Å². The number of aliphatic carboxylic acids is 2. The number of rotatable bonds is 7. The van der Waals surface area contributed by atoms with Gasteiger partial charge in [-0.25, -0.2) is 14.6 Å². The fraction of sp³-hybridized carbons (Fsp3) is 0.619. The van der Waals surface area contributed by atoms with Gasteiger partial charge in [-0.05, 0) is 37.7 Å². The second-order valence-electron chi connectivity index (χ2n) is 8.11. The number of aromatic nitrogens is 3. The molecule has 16 heteroatoms. The first kappa shape index (κ1) is 30.5. The fourth-order valence-corrected chi connectivity index (χ4v) is 4.04. The molecule has 3 heterocycles. The van der Waals surface area contributed by atoms with E-state index in [0.717, 1.165) is 45.2 Å². The first-order valence-electron chi connectivity index (χ1n) is 11.1. The van der Waals surface area contributed by atoms with E-state index >= 15 is 0 Å². The van der Waals surface area contributed by atoms with Crippen LogP contribution in [-0.2, 0) is 33.8 Å². The van der Waals surface area contributed by atoms with Crippen molar-refractivity contribution in [1.29, 1.82) is 0 Å².